The van der Waals surface area contributed by atoms with Crippen LogP contribution in [-0.2, 0) is 25.7 Å². The number of esters is 1. The molecule has 234 valence electrons. The average molecular weight is 684 g/mol. The lowest BCUT2D eigenvalue weighted by Crippen LogP contribution is -2.71. The number of halogens is 1. The second kappa shape index (κ2) is 14.1. The number of amides is 2. The van der Waals surface area contributed by atoms with Crippen LogP contribution in [-0.4, -0.2) is 71.9 Å². The molecule has 14 nitrogen and oxygen atoms in total. The Balaban J connectivity index is 0.00000442. The number of aliphatic hydroxyl groups is 1. The molecule has 4 heterocycles. The van der Waals surface area contributed by atoms with Gasteiger partial charge in [0, 0.05) is 22.6 Å². The third kappa shape index (κ3) is 6.77. The largest absolute Gasteiger partial charge is 0.519 e. The van der Waals surface area contributed by atoms with Gasteiger partial charge in [-0.1, -0.05) is 36.0 Å². The lowest BCUT2D eigenvalue weighted by atomic mass is 9.95. The second-order valence-electron chi connectivity index (χ2n) is 9.50. The Morgan fingerprint density at radius 3 is 2.68 bits per heavy atom. The SMILES string of the molecule is Cc1oc(=O)oc1COC(=O)C1=C(CSc2ncns2)CS[C@H]2C(NC(=O)C(O)c3ccccc3C(=O)[C@H](C)N)C(=O)N12.Cl. The van der Waals surface area contributed by atoms with Crippen LogP contribution in [0.1, 0.15) is 40.5 Å². The van der Waals surface area contributed by atoms with Crippen LogP contribution in [0.5, 0.6) is 0 Å². The predicted octanol–water partition coefficient (Wildman–Crippen LogP) is 1.57. The number of nitrogens with two attached hydrogens (primary N) is 1. The van der Waals surface area contributed by atoms with Crippen molar-refractivity contribution in [1.82, 2.24) is 19.6 Å². The number of nitrogens with one attached hydrogen (secondary N) is 1. The smallest absolute Gasteiger partial charge is 0.453 e. The van der Waals surface area contributed by atoms with Gasteiger partial charge >= 0.3 is 11.8 Å². The molecule has 1 fully saturated rings. The molecule has 5 rings (SSSR count). The minimum atomic E-state index is -1.75. The van der Waals surface area contributed by atoms with Gasteiger partial charge in [0.1, 0.15) is 23.4 Å². The maximum atomic E-state index is 13.4. The van der Waals surface area contributed by atoms with E-state index in [0.717, 1.165) is 0 Å². The molecule has 4 atom stereocenters. The summed E-state index contributed by atoms with van der Waals surface area (Å²) in [5.41, 5.74) is 6.48. The van der Waals surface area contributed by atoms with Crippen molar-refractivity contribution in [2.75, 3.05) is 11.5 Å². The van der Waals surface area contributed by atoms with Crippen molar-refractivity contribution in [2.24, 2.45) is 5.73 Å². The van der Waals surface area contributed by atoms with Gasteiger partial charge in [-0.2, -0.15) is 4.37 Å². The van der Waals surface area contributed by atoms with Gasteiger partial charge in [0.15, 0.2) is 34.4 Å². The van der Waals surface area contributed by atoms with Gasteiger partial charge in [0.2, 0.25) is 0 Å². The Labute approximate surface area is 268 Å². The van der Waals surface area contributed by atoms with Gasteiger partial charge < -0.3 is 29.7 Å². The molecule has 2 aromatic heterocycles. The number of hydrogen-bond acceptors (Lipinski definition) is 15. The molecule has 2 amide bonds. The van der Waals surface area contributed by atoms with Crippen LogP contribution >= 0.6 is 47.5 Å². The minimum absolute atomic E-state index is 0. The van der Waals surface area contributed by atoms with Crippen LogP contribution in [0.4, 0.5) is 0 Å². The standard InChI is InChI=1S/C26H25N5O9S3.ClH/c1-11(27)19(32)14-5-3-4-6-15(14)20(33)21(34)30-17-22(35)31-18(24(36)38-7-16-12(2)39-26(37)40-16)13(8-41-23(17)31)9-42-25-28-10-29-43-25;/h3-6,10-11,17,20,23,33H,7-9,27H2,1-2H3,(H,30,34);1H/t11-,17?,20?,23-;/m0./s1. The van der Waals surface area contributed by atoms with Crippen molar-refractivity contribution in [3.05, 3.63) is 75.1 Å². The first-order valence-electron chi connectivity index (χ1n) is 12.8. The fraction of sp³-hybridized carbons (Fsp3) is 0.346. The first-order valence-corrected chi connectivity index (χ1v) is 15.6. The van der Waals surface area contributed by atoms with Crippen molar-refractivity contribution in [3.8, 4) is 0 Å². The highest BCUT2D eigenvalue weighted by molar-refractivity contribution is 8.01. The number of aromatic nitrogens is 2. The lowest BCUT2D eigenvalue weighted by Gasteiger charge is -2.49. The summed E-state index contributed by atoms with van der Waals surface area (Å²) in [7, 11) is 0. The number of Topliss-reactive ketones (excluding diaryl/α,β-unsaturated/α-hetero) is 1. The highest BCUT2D eigenvalue weighted by Gasteiger charge is 2.54. The summed E-state index contributed by atoms with van der Waals surface area (Å²) in [6.07, 6.45) is -0.338. The molecule has 3 aromatic rings. The number of aliphatic hydroxyl groups excluding tert-OH is 1. The van der Waals surface area contributed by atoms with Gasteiger partial charge in [-0.25, -0.2) is 14.6 Å². The van der Waals surface area contributed by atoms with Crippen molar-refractivity contribution < 1.29 is 37.9 Å². The molecule has 4 N–H and O–H groups in total. The maximum absolute atomic E-state index is 13.4. The molecule has 0 bridgehead atoms. The number of carbonyl (C=O) groups is 4. The van der Waals surface area contributed by atoms with E-state index in [-0.39, 0.29) is 40.8 Å². The predicted molar refractivity (Wildman–Crippen MR) is 161 cm³/mol. The van der Waals surface area contributed by atoms with E-state index in [0.29, 0.717) is 21.4 Å². The highest BCUT2D eigenvalue weighted by atomic mass is 35.5. The summed E-state index contributed by atoms with van der Waals surface area (Å²) in [4.78, 5) is 69.1. The maximum Gasteiger partial charge on any atom is 0.519 e. The summed E-state index contributed by atoms with van der Waals surface area (Å²) in [6, 6.07) is 4.15. The number of ketones is 1. The van der Waals surface area contributed by atoms with Crippen molar-refractivity contribution in [2.45, 2.75) is 48.4 Å². The van der Waals surface area contributed by atoms with Gasteiger partial charge in [0.25, 0.3) is 11.8 Å². The third-order valence-electron chi connectivity index (χ3n) is 6.60. The summed E-state index contributed by atoms with van der Waals surface area (Å²) in [5.74, 6) is -2.88. The molecule has 1 saturated heterocycles. The molecule has 0 radical (unpaired) electrons. The topological polar surface area (TPSA) is 208 Å². The van der Waals surface area contributed by atoms with Gasteiger partial charge in [-0.05, 0) is 31.0 Å². The Hall–Kier alpha value is -3.48. The molecule has 0 spiro atoms. The van der Waals surface area contributed by atoms with Crippen molar-refractivity contribution in [3.63, 3.8) is 0 Å². The van der Waals surface area contributed by atoms with Crippen LogP contribution < -0.4 is 16.9 Å². The van der Waals surface area contributed by atoms with Crippen LogP contribution in [0.15, 0.2) is 59.8 Å². The molecule has 18 heteroatoms. The van der Waals surface area contributed by atoms with E-state index in [4.69, 9.17) is 19.3 Å². The first kappa shape index (κ1) is 33.4. The zero-order valence-electron chi connectivity index (χ0n) is 23.1. The monoisotopic (exact) mass is 683 g/mol. The number of rotatable bonds is 11. The summed E-state index contributed by atoms with van der Waals surface area (Å²) >= 11 is 3.85. The van der Waals surface area contributed by atoms with E-state index in [9.17, 15) is 29.1 Å². The molecular formula is C26H26ClN5O9S3. The van der Waals surface area contributed by atoms with Crippen LogP contribution in [0.2, 0.25) is 0 Å². The van der Waals surface area contributed by atoms with Crippen molar-refractivity contribution >= 4 is 71.0 Å². The average Bonchev–Trinajstić information content (AvgIpc) is 3.64. The van der Waals surface area contributed by atoms with Crippen molar-refractivity contribution in [1.29, 1.82) is 0 Å². The van der Waals surface area contributed by atoms with Gasteiger partial charge in [0.05, 0.1) is 6.04 Å². The van der Waals surface area contributed by atoms with E-state index in [1.807, 2.05) is 0 Å². The zero-order valence-corrected chi connectivity index (χ0v) is 26.3. The quantitative estimate of drug-likeness (QED) is 0.113. The second-order valence-corrected chi connectivity index (χ2v) is 12.6. The first-order chi connectivity index (χ1) is 20.6. The Bertz CT molecular complexity index is 1660. The summed E-state index contributed by atoms with van der Waals surface area (Å²) in [5, 5.41) is 12.7. The number of fused-ring (bicyclic) bond motifs is 1. The molecule has 0 aliphatic carbocycles. The third-order valence-corrected chi connectivity index (χ3v) is 9.83. The number of thioether (sulfide) groups is 2. The highest BCUT2D eigenvalue weighted by Crippen LogP contribution is 2.42. The zero-order chi connectivity index (χ0) is 30.8. The Morgan fingerprint density at radius 1 is 1.27 bits per heavy atom. The Kier molecular flexibility index (Phi) is 10.7. The van der Waals surface area contributed by atoms with E-state index >= 15 is 0 Å². The Morgan fingerprint density at radius 2 is 2.02 bits per heavy atom. The lowest BCUT2D eigenvalue weighted by molar-refractivity contribution is -0.154. The number of nitrogens with zero attached hydrogens (tertiary/aromatic N) is 3. The number of benzene rings is 1. The van der Waals surface area contributed by atoms with Gasteiger partial charge in [-0.15, -0.1) is 24.2 Å². The van der Waals surface area contributed by atoms with Crippen LogP contribution in [0, 0.1) is 6.92 Å². The summed E-state index contributed by atoms with van der Waals surface area (Å²) in [6.45, 7) is 2.58. The van der Waals surface area contributed by atoms with E-state index in [2.05, 4.69) is 14.7 Å². The van der Waals surface area contributed by atoms with Gasteiger partial charge in [-0.3, -0.25) is 19.3 Å². The van der Waals surface area contributed by atoms with E-state index < -0.39 is 59.6 Å². The molecular weight excluding hydrogens is 658 g/mol. The molecule has 0 saturated carbocycles. The minimum Gasteiger partial charge on any atom is -0.453 e. The number of ether oxygens (including phenoxy) is 1. The molecule has 44 heavy (non-hydrogen) atoms. The number of carbonyl (C=O) groups excluding carboxylic acids is 4. The molecule has 2 aliphatic heterocycles. The number of β-lactam (4-membered cyclic amide) rings is 1. The number of hydrogen-bond donors (Lipinski definition) is 3. The van der Waals surface area contributed by atoms with Crippen LogP contribution in [0.25, 0.3) is 0 Å². The van der Waals surface area contributed by atoms with E-state index in [1.54, 1.807) is 12.1 Å². The molecule has 2 unspecified atom stereocenters. The fourth-order valence-electron chi connectivity index (χ4n) is 4.44. The fourth-order valence-corrected chi connectivity index (χ4v) is 7.37. The summed E-state index contributed by atoms with van der Waals surface area (Å²) < 4.78 is 19.7. The van der Waals surface area contributed by atoms with E-state index in [1.165, 1.54) is 72.3 Å². The molecule has 2 aliphatic rings. The molecule has 1 aromatic carbocycles. The van der Waals surface area contributed by atoms with Crippen LogP contribution in [0.3, 0.4) is 0 Å². The number of aryl methyl sites for hydroxylation is 1. The normalized spacial score (nSPS) is 18.9.